The van der Waals surface area contributed by atoms with E-state index < -0.39 is 58.0 Å². The molecule has 0 unspecified atom stereocenters. The number of phenolic OH excluding ortho intramolecular Hbond substituents is 1. The number of aromatic nitrogens is 1. The second kappa shape index (κ2) is 9.14. The van der Waals surface area contributed by atoms with E-state index in [9.17, 15) is 39.6 Å². The summed E-state index contributed by atoms with van der Waals surface area (Å²) >= 11 is 0. The van der Waals surface area contributed by atoms with Gasteiger partial charge in [-0.1, -0.05) is 6.07 Å². The molecule has 0 aliphatic heterocycles. The Balaban J connectivity index is 1.66. The largest absolute Gasteiger partial charge is 0.508 e. The van der Waals surface area contributed by atoms with Crippen molar-refractivity contribution in [3.8, 4) is 5.75 Å². The molecule has 11 nitrogen and oxygen atoms in total. The molecule has 1 fully saturated rings. The van der Waals surface area contributed by atoms with Crippen molar-refractivity contribution in [2.75, 3.05) is 14.1 Å². The average molecular weight is 534 g/mol. The van der Waals surface area contributed by atoms with Crippen molar-refractivity contribution in [1.82, 2.24) is 9.88 Å². The predicted molar refractivity (Wildman–Crippen MR) is 137 cm³/mol. The number of aromatic hydroxyl groups is 1. The van der Waals surface area contributed by atoms with Crippen LogP contribution in [0.3, 0.4) is 0 Å². The first-order valence-electron chi connectivity index (χ1n) is 12.3. The molecule has 11 heteroatoms. The zero-order valence-electron chi connectivity index (χ0n) is 21.2. The quantitative estimate of drug-likeness (QED) is 0.271. The Bertz CT molecular complexity index is 1510. The van der Waals surface area contributed by atoms with E-state index in [0.717, 1.165) is 0 Å². The topological polar surface area (TPSA) is 191 Å². The molecule has 39 heavy (non-hydrogen) atoms. The molecule has 6 N–H and O–H groups in total. The number of fused-ring (bicyclic) bond motifs is 3. The summed E-state index contributed by atoms with van der Waals surface area (Å²) in [7, 11) is 3.06. The van der Waals surface area contributed by atoms with E-state index in [0.29, 0.717) is 11.3 Å². The van der Waals surface area contributed by atoms with Crippen LogP contribution >= 0.6 is 0 Å². The fraction of sp³-hybridized carbons (Fsp3) is 0.321. The Morgan fingerprint density at radius 3 is 2.46 bits per heavy atom. The number of phenols is 1. The molecule has 4 atom stereocenters. The fourth-order valence-electron chi connectivity index (χ4n) is 6.27. The van der Waals surface area contributed by atoms with E-state index in [1.165, 1.54) is 31.1 Å². The van der Waals surface area contributed by atoms with Crippen LogP contribution in [0.1, 0.15) is 33.6 Å². The number of benzene rings is 1. The lowest BCUT2D eigenvalue weighted by Crippen LogP contribution is -2.65. The summed E-state index contributed by atoms with van der Waals surface area (Å²) in [6.45, 7) is 0. The Morgan fingerprint density at radius 1 is 1.13 bits per heavy atom. The third-order valence-electron chi connectivity index (χ3n) is 7.97. The van der Waals surface area contributed by atoms with Gasteiger partial charge in [0, 0.05) is 28.9 Å². The maximum absolute atomic E-state index is 13.9. The molecule has 0 radical (unpaired) electrons. The lowest BCUT2D eigenvalue weighted by atomic mass is 9.57. The molecule has 5 rings (SSSR count). The normalized spacial score (nSPS) is 26.3. The molecule has 202 valence electrons. The second-order valence-electron chi connectivity index (χ2n) is 10.4. The van der Waals surface area contributed by atoms with E-state index in [1.807, 2.05) is 0 Å². The Hall–Kier alpha value is -4.35. The van der Waals surface area contributed by atoms with Crippen molar-refractivity contribution < 1.29 is 39.6 Å². The number of rotatable bonds is 5. The number of primary amides is 1. The van der Waals surface area contributed by atoms with Crippen molar-refractivity contribution in [2.45, 2.75) is 30.9 Å². The number of likely N-dealkylation sites (N-methyl/N-ethyl adjacent to an activating group) is 1. The maximum atomic E-state index is 13.9. The highest BCUT2D eigenvalue weighted by Crippen LogP contribution is 2.53. The summed E-state index contributed by atoms with van der Waals surface area (Å²) in [6, 6.07) is 6.66. The summed E-state index contributed by atoms with van der Waals surface area (Å²) in [5.41, 5.74) is 2.42. The molecule has 0 spiro atoms. The minimum atomic E-state index is -2.72. The second-order valence-corrected chi connectivity index (χ2v) is 10.4. The van der Waals surface area contributed by atoms with Gasteiger partial charge in [0.1, 0.15) is 22.8 Å². The number of pyridine rings is 1. The summed E-state index contributed by atoms with van der Waals surface area (Å²) < 4.78 is 0. The van der Waals surface area contributed by atoms with Gasteiger partial charge in [0.15, 0.2) is 17.2 Å². The first-order valence-corrected chi connectivity index (χ1v) is 12.3. The molecule has 1 saturated carbocycles. The molecule has 1 heterocycles. The average Bonchev–Trinajstić information content (AvgIpc) is 2.86. The van der Waals surface area contributed by atoms with Gasteiger partial charge in [-0.25, -0.2) is 0 Å². The van der Waals surface area contributed by atoms with Crippen LogP contribution in [0.4, 0.5) is 0 Å². The number of amides is 1. The Kier molecular flexibility index (Phi) is 6.15. The van der Waals surface area contributed by atoms with E-state index in [4.69, 9.17) is 5.73 Å². The van der Waals surface area contributed by atoms with Crippen LogP contribution in [0.5, 0.6) is 5.75 Å². The highest BCUT2D eigenvalue weighted by Gasteiger charge is 2.64. The zero-order valence-corrected chi connectivity index (χ0v) is 21.2. The molecular weight excluding hydrogens is 506 g/mol. The molecule has 0 saturated heterocycles. The highest BCUT2D eigenvalue weighted by atomic mass is 16.3. The van der Waals surface area contributed by atoms with Gasteiger partial charge >= 0.3 is 0 Å². The summed E-state index contributed by atoms with van der Waals surface area (Å²) in [5, 5.41) is 44.5. The van der Waals surface area contributed by atoms with Crippen LogP contribution in [-0.2, 0) is 27.2 Å². The lowest BCUT2D eigenvalue weighted by molar-refractivity contribution is -0.153. The lowest BCUT2D eigenvalue weighted by Gasteiger charge is -2.50. The Labute approximate surface area is 222 Å². The Morgan fingerprint density at radius 2 is 1.85 bits per heavy atom. The van der Waals surface area contributed by atoms with Crippen molar-refractivity contribution in [3.05, 3.63) is 75.8 Å². The van der Waals surface area contributed by atoms with Crippen LogP contribution in [-0.4, -0.2) is 79.3 Å². The monoisotopic (exact) mass is 533 g/mol. The van der Waals surface area contributed by atoms with E-state index >= 15 is 0 Å². The first kappa shape index (κ1) is 26.3. The number of hydrogen-bond acceptors (Lipinski definition) is 10. The van der Waals surface area contributed by atoms with Gasteiger partial charge in [-0.05, 0) is 62.7 Å². The van der Waals surface area contributed by atoms with Crippen molar-refractivity contribution >= 4 is 29.0 Å². The number of carbonyl (C=O) groups excluding carboxylic acids is 4. The SMILES string of the molecule is CN(C)[C@@H]1C(=O)C(C(N)=O)=C(O)[C@@]2(O)C(=O)C3=C(O)c4c(O)ccc(C(=O)Cc5ccccn5)c4C[C@@H]3C[C@H]12. The number of aliphatic hydroxyl groups is 3. The molecule has 0 bridgehead atoms. The number of nitrogens with two attached hydrogens (primary N) is 1. The molecule has 1 amide bonds. The molecule has 3 aliphatic rings. The number of hydrogen-bond donors (Lipinski definition) is 5. The smallest absolute Gasteiger partial charge is 0.255 e. The van der Waals surface area contributed by atoms with Gasteiger partial charge in [-0.3, -0.25) is 29.1 Å². The van der Waals surface area contributed by atoms with Crippen molar-refractivity contribution in [1.29, 1.82) is 0 Å². The van der Waals surface area contributed by atoms with E-state index in [2.05, 4.69) is 4.98 Å². The van der Waals surface area contributed by atoms with Crippen LogP contribution in [0.25, 0.3) is 5.76 Å². The van der Waals surface area contributed by atoms with Crippen LogP contribution in [0.2, 0.25) is 0 Å². The third-order valence-corrected chi connectivity index (χ3v) is 7.97. The third kappa shape index (κ3) is 3.76. The molecule has 1 aromatic heterocycles. The summed E-state index contributed by atoms with van der Waals surface area (Å²) in [5.74, 6) is -7.68. The minimum Gasteiger partial charge on any atom is -0.508 e. The number of aliphatic hydroxyl groups excluding tert-OH is 2. The molecular formula is C28H27N3O8. The van der Waals surface area contributed by atoms with E-state index in [-0.39, 0.29) is 47.5 Å². The number of ketones is 3. The van der Waals surface area contributed by atoms with Gasteiger partial charge in [0.05, 0.1) is 18.0 Å². The molecule has 2 aromatic rings. The highest BCUT2D eigenvalue weighted by molar-refractivity contribution is 6.24. The number of Topliss-reactive ketones (excluding diaryl/α,β-unsaturated/α-hetero) is 3. The van der Waals surface area contributed by atoms with Gasteiger partial charge in [0.25, 0.3) is 5.91 Å². The number of nitrogens with zero attached hydrogens (tertiary/aromatic N) is 2. The first-order chi connectivity index (χ1) is 18.4. The number of carbonyl (C=O) groups is 4. The van der Waals surface area contributed by atoms with Crippen LogP contribution in [0.15, 0.2) is 53.4 Å². The summed E-state index contributed by atoms with van der Waals surface area (Å²) in [6.07, 6.45) is 1.50. The maximum Gasteiger partial charge on any atom is 0.255 e. The van der Waals surface area contributed by atoms with E-state index in [1.54, 1.807) is 24.4 Å². The molecule has 3 aliphatic carbocycles. The van der Waals surface area contributed by atoms with Gasteiger partial charge in [0.2, 0.25) is 5.78 Å². The van der Waals surface area contributed by atoms with Crippen molar-refractivity contribution in [2.24, 2.45) is 17.6 Å². The van der Waals surface area contributed by atoms with Gasteiger partial charge in [-0.15, -0.1) is 0 Å². The van der Waals surface area contributed by atoms with Crippen LogP contribution < -0.4 is 5.73 Å². The molecule has 1 aromatic carbocycles. The van der Waals surface area contributed by atoms with Gasteiger partial charge in [-0.2, -0.15) is 0 Å². The standard InChI is InChI=1S/C28H27N3O8/c1-31(2)22-16-10-12-9-15-14(18(33)11-13-5-3-4-8-30-13)6-7-17(32)20(15)23(34)19(12)25(36)28(16,39)26(37)21(24(22)35)27(29)38/h3-8,12,16,22,32,34,37,39H,9-11H2,1-2H3,(H2,29,38)/t12-,16-,22+,28+/m1/s1. The summed E-state index contributed by atoms with van der Waals surface area (Å²) in [4.78, 5) is 58.0. The van der Waals surface area contributed by atoms with Gasteiger partial charge < -0.3 is 26.2 Å². The van der Waals surface area contributed by atoms with Crippen LogP contribution in [0, 0.1) is 11.8 Å². The predicted octanol–water partition coefficient (Wildman–Crippen LogP) is 0.784. The fourth-order valence-corrected chi connectivity index (χ4v) is 6.27. The zero-order chi connectivity index (χ0) is 28.4. The minimum absolute atomic E-state index is 0.0340. The van der Waals surface area contributed by atoms with Crippen molar-refractivity contribution in [3.63, 3.8) is 0 Å².